The monoisotopic (exact) mass is 236 g/mol. The van der Waals surface area contributed by atoms with Crippen LogP contribution in [0.2, 0.25) is 0 Å². The average Bonchev–Trinajstić information content (AvgIpc) is 2.68. The Morgan fingerprint density at radius 1 is 1.47 bits per heavy atom. The van der Waals surface area contributed by atoms with Crippen molar-refractivity contribution in [3.8, 4) is 0 Å². The summed E-state index contributed by atoms with van der Waals surface area (Å²) in [4.78, 5) is 27.6. The van der Waals surface area contributed by atoms with Gasteiger partial charge in [-0.05, 0) is 13.0 Å². The number of H-pyrrole nitrogens is 2. The number of carbonyl (C=O) groups excluding carboxylic acids is 1. The van der Waals surface area contributed by atoms with Gasteiger partial charge >= 0.3 is 11.7 Å². The van der Waals surface area contributed by atoms with E-state index < -0.39 is 12.1 Å². The highest BCUT2D eigenvalue weighted by Gasteiger charge is 2.21. The smallest absolute Gasteiger partial charge is 0.339 e. The van der Waals surface area contributed by atoms with Gasteiger partial charge in [-0.3, -0.25) is 0 Å². The number of imidazole rings is 1. The third-order valence-electron chi connectivity index (χ3n) is 2.39. The number of nitrogens with one attached hydrogen (secondary N) is 2. The summed E-state index contributed by atoms with van der Waals surface area (Å²) in [6.45, 7) is 1.85. The fraction of sp³-hybridized carbons (Fsp3) is 0.273. The molecule has 0 bridgehead atoms. The van der Waals surface area contributed by atoms with E-state index >= 15 is 0 Å². The van der Waals surface area contributed by atoms with Crippen molar-refractivity contribution in [2.75, 3.05) is 6.61 Å². The summed E-state index contributed by atoms with van der Waals surface area (Å²) in [7, 11) is 0. The molecular formula is C11H12N2O4. The summed E-state index contributed by atoms with van der Waals surface area (Å²) in [6.07, 6.45) is -1.40. The Labute approximate surface area is 96.2 Å². The number of benzene rings is 1. The predicted octanol–water partition coefficient (Wildman–Crippen LogP) is 0.453. The molecule has 6 heteroatoms. The molecule has 90 valence electrons. The van der Waals surface area contributed by atoms with E-state index in [4.69, 9.17) is 4.74 Å². The lowest BCUT2D eigenvalue weighted by Gasteiger charge is -2.10. The summed E-state index contributed by atoms with van der Waals surface area (Å²) in [5, 5.41) is 9.82. The Hall–Kier alpha value is -2.08. The minimum Gasteiger partial charge on any atom is -0.464 e. The van der Waals surface area contributed by atoms with Crippen LogP contribution in [0.3, 0.4) is 0 Å². The van der Waals surface area contributed by atoms with Crippen molar-refractivity contribution in [3.63, 3.8) is 0 Å². The van der Waals surface area contributed by atoms with Crippen molar-refractivity contribution in [1.82, 2.24) is 9.97 Å². The molecule has 0 saturated carbocycles. The molecule has 0 aliphatic rings. The molecule has 0 radical (unpaired) electrons. The molecule has 1 aromatic carbocycles. The number of aromatic nitrogens is 2. The number of fused-ring (bicyclic) bond motifs is 1. The molecule has 2 aromatic rings. The molecule has 0 aliphatic heterocycles. The Kier molecular flexibility index (Phi) is 2.97. The van der Waals surface area contributed by atoms with Crippen LogP contribution >= 0.6 is 0 Å². The van der Waals surface area contributed by atoms with Gasteiger partial charge in [0.15, 0.2) is 6.10 Å². The number of aliphatic hydroxyl groups is 1. The second-order valence-corrected chi connectivity index (χ2v) is 3.50. The molecule has 0 amide bonds. The summed E-state index contributed by atoms with van der Waals surface area (Å²) >= 11 is 0. The van der Waals surface area contributed by atoms with E-state index in [1.54, 1.807) is 25.1 Å². The van der Waals surface area contributed by atoms with Gasteiger partial charge in [-0.25, -0.2) is 9.59 Å². The maximum atomic E-state index is 11.4. The first-order valence-corrected chi connectivity index (χ1v) is 5.19. The first-order chi connectivity index (χ1) is 8.13. The Balaban J connectivity index is 2.47. The third-order valence-corrected chi connectivity index (χ3v) is 2.39. The fourth-order valence-corrected chi connectivity index (χ4v) is 1.66. The van der Waals surface area contributed by atoms with Crippen LogP contribution in [-0.4, -0.2) is 27.7 Å². The molecule has 0 saturated heterocycles. The maximum absolute atomic E-state index is 11.4. The number of aromatic amines is 2. The molecule has 17 heavy (non-hydrogen) atoms. The van der Waals surface area contributed by atoms with Gasteiger partial charge in [-0.1, -0.05) is 12.1 Å². The quantitative estimate of drug-likeness (QED) is 0.674. The molecule has 0 fully saturated rings. The van der Waals surface area contributed by atoms with Crippen LogP contribution in [0.15, 0.2) is 23.0 Å². The average molecular weight is 236 g/mol. The van der Waals surface area contributed by atoms with E-state index in [9.17, 15) is 14.7 Å². The van der Waals surface area contributed by atoms with Gasteiger partial charge in [0.05, 0.1) is 17.6 Å². The molecule has 0 spiro atoms. The van der Waals surface area contributed by atoms with Gasteiger partial charge in [0.2, 0.25) is 0 Å². The van der Waals surface area contributed by atoms with Crippen molar-refractivity contribution >= 4 is 17.0 Å². The summed E-state index contributed by atoms with van der Waals surface area (Å²) < 4.78 is 4.72. The van der Waals surface area contributed by atoms with E-state index in [1.165, 1.54) is 0 Å². The van der Waals surface area contributed by atoms with E-state index in [0.29, 0.717) is 16.6 Å². The Morgan fingerprint density at radius 2 is 2.24 bits per heavy atom. The van der Waals surface area contributed by atoms with E-state index in [-0.39, 0.29) is 12.3 Å². The third kappa shape index (κ3) is 2.07. The lowest BCUT2D eigenvalue weighted by atomic mass is 10.1. The number of esters is 1. The molecule has 1 unspecified atom stereocenters. The Bertz CT molecular complexity index is 599. The minimum absolute atomic E-state index is 0.190. The van der Waals surface area contributed by atoms with Gasteiger partial charge in [-0.15, -0.1) is 0 Å². The van der Waals surface area contributed by atoms with Crippen LogP contribution in [0, 0.1) is 0 Å². The molecular weight excluding hydrogens is 224 g/mol. The molecule has 1 heterocycles. The SMILES string of the molecule is CCOC(=O)C(O)c1cccc2[nH]c(=O)[nH]c12. The topological polar surface area (TPSA) is 95.2 Å². The van der Waals surface area contributed by atoms with Crippen LogP contribution < -0.4 is 5.69 Å². The first-order valence-electron chi connectivity index (χ1n) is 5.19. The van der Waals surface area contributed by atoms with Crippen LogP contribution in [-0.2, 0) is 9.53 Å². The maximum Gasteiger partial charge on any atom is 0.339 e. The number of aliphatic hydroxyl groups excluding tert-OH is 1. The second-order valence-electron chi connectivity index (χ2n) is 3.50. The van der Waals surface area contributed by atoms with E-state index in [2.05, 4.69) is 9.97 Å². The van der Waals surface area contributed by atoms with Gasteiger partial charge in [0, 0.05) is 5.56 Å². The van der Waals surface area contributed by atoms with Crippen molar-refractivity contribution in [3.05, 3.63) is 34.2 Å². The van der Waals surface area contributed by atoms with Crippen molar-refractivity contribution in [2.24, 2.45) is 0 Å². The molecule has 1 atom stereocenters. The standard InChI is InChI=1S/C11H12N2O4/c1-2-17-10(15)9(14)6-4-3-5-7-8(6)13-11(16)12-7/h3-5,9,14H,2H2,1H3,(H2,12,13,16). The number of rotatable bonds is 3. The molecule has 0 aliphatic carbocycles. The molecule has 1 aromatic heterocycles. The van der Waals surface area contributed by atoms with E-state index in [0.717, 1.165) is 0 Å². The normalized spacial score (nSPS) is 12.6. The van der Waals surface area contributed by atoms with Crippen LogP contribution in [0.4, 0.5) is 0 Å². The van der Waals surface area contributed by atoms with Crippen molar-refractivity contribution in [1.29, 1.82) is 0 Å². The van der Waals surface area contributed by atoms with Crippen molar-refractivity contribution < 1.29 is 14.6 Å². The van der Waals surface area contributed by atoms with Gasteiger partial charge in [0.25, 0.3) is 0 Å². The van der Waals surface area contributed by atoms with Gasteiger partial charge < -0.3 is 19.8 Å². The summed E-state index contributed by atoms with van der Waals surface area (Å²) in [6, 6.07) is 4.88. The molecule has 3 N–H and O–H groups in total. The summed E-state index contributed by atoms with van der Waals surface area (Å²) in [5.74, 6) is -0.734. The molecule has 6 nitrogen and oxygen atoms in total. The van der Waals surface area contributed by atoms with E-state index in [1.807, 2.05) is 0 Å². The number of hydrogen-bond donors (Lipinski definition) is 3. The van der Waals surface area contributed by atoms with Gasteiger partial charge in [-0.2, -0.15) is 0 Å². The fourth-order valence-electron chi connectivity index (χ4n) is 1.66. The zero-order chi connectivity index (χ0) is 12.4. The second kappa shape index (κ2) is 4.42. The lowest BCUT2D eigenvalue weighted by Crippen LogP contribution is -2.15. The van der Waals surface area contributed by atoms with Crippen molar-refractivity contribution in [2.45, 2.75) is 13.0 Å². The molecule has 2 rings (SSSR count). The largest absolute Gasteiger partial charge is 0.464 e. The number of para-hydroxylation sites is 1. The lowest BCUT2D eigenvalue weighted by molar-refractivity contribution is -0.153. The number of ether oxygens (including phenoxy) is 1. The zero-order valence-electron chi connectivity index (χ0n) is 9.19. The first kappa shape index (κ1) is 11.4. The number of carbonyl (C=O) groups is 1. The van der Waals surface area contributed by atoms with Gasteiger partial charge in [0.1, 0.15) is 0 Å². The Morgan fingerprint density at radius 3 is 2.94 bits per heavy atom. The van der Waals surface area contributed by atoms with Crippen LogP contribution in [0.1, 0.15) is 18.6 Å². The minimum atomic E-state index is -1.40. The highest BCUT2D eigenvalue weighted by Crippen LogP contribution is 2.21. The summed E-state index contributed by atoms with van der Waals surface area (Å²) in [5.41, 5.74) is 0.886. The highest BCUT2D eigenvalue weighted by molar-refractivity contribution is 5.85. The van der Waals surface area contributed by atoms with Crippen LogP contribution in [0.25, 0.3) is 11.0 Å². The predicted molar refractivity (Wildman–Crippen MR) is 60.5 cm³/mol. The van der Waals surface area contributed by atoms with Crippen LogP contribution in [0.5, 0.6) is 0 Å². The zero-order valence-corrected chi connectivity index (χ0v) is 9.19. The number of hydrogen-bond acceptors (Lipinski definition) is 4. The highest BCUT2D eigenvalue weighted by atomic mass is 16.5.